The second-order valence-corrected chi connectivity index (χ2v) is 3.58. The monoisotopic (exact) mass is 184 g/mol. The molecule has 2 heteroatoms. The molecule has 0 aromatic carbocycles. The van der Waals surface area contributed by atoms with Crippen LogP contribution in [0.4, 0.5) is 0 Å². The maximum absolute atomic E-state index is 10.0. The molecule has 0 aromatic rings. The molecule has 1 unspecified atom stereocenters. The molecule has 0 saturated heterocycles. The van der Waals surface area contributed by atoms with E-state index < -0.39 is 0 Å². The molecule has 0 bridgehead atoms. The van der Waals surface area contributed by atoms with Gasteiger partial charge in [-0.1, -0.05) is 26.0 Å². The van der Waals surface area contributed by atoms with Crippen molar-refractivity contribution in [3.05, 3.63) is 12.2 Å². The first kappa shape index (κ1) is 12.4. The van der Waals surface area contributed by atoms with Crippen molar-refractivity contribution >= 4 is 6.29 Å². The fraction of sp³-hybridized carbons (Fsp3) is 0.727. The van der Waals surface area contributed by atoms with Crippen molar-refractivity contribution in [2.45, 2.75) is 39.2 Å². The fourth-order valence-electron chi connectivity index (χ4n) is 1.08. The van der Waals surface area contributed by atoms with Crippen LogP contribution in [0.15, 0.2) is 12.2 Å². The molecule has 0 radical (unpaired) electrons. The lowest BCUT2D eigenvalue weighted by atomic mass is 10.0. The maximum atomic E-state index is 10.0. The van der Waals surface area contributed by atoms with E-state index in [-0.39, 0.29) is 6.10 Å². The van der Waals surface area contributed by atoms with Gasteiger partial charge in [-0.3, -0.25) is 0 Å². The highest BCUT2D eigenvalue weighted by Crippen LogP contribution is 2.09. The Hall–Kier alpha value is -0.630. The highest BCUT2D eigenvalue weighted by molar-refractivity contribution is 5.51. The van der Waals surface area contributed by atoms with Crippen molar-refractivity contribution in [1.29, 1.82) is 0 Å². The Bertz CT molecular complexity index is 150. The van der Waals surface area contributed by atoms with E-state index in [2.05, 4.69) is 13.8 Å². The van der Waals surface area contributed by atoms with Crippen LogP contribution in [-0.4, -0.2) is 19.5 Å². The third kappa shape index (κ3) is 7.72. The minimum absolute atomic E-state index is 0.169. The minimum Gasteiger partial charge on any atom is -0.377 e. The van der Waals surface area contributed by atoms with Gasteiger partial charge in [0.15, 0.2) is 0 Å². The van der Waals surface area contributed by atoms with Crippen molar-refractivity contribution < 1.29 is 9.53 Å². The van der Waals surface area contributed by atoms with Gasteiger partial charge in [0.2, 0.25) is 0 Å². The smallest absolute Gasteiger partial charge is 0.123 e. The molecule has 0 aliphatic carbocycles. The summed E-state index contributed by atoms with van der Waals surface area (Å²) in [6.45, 7) is 4.39. The Balaban J connectivity index is 3.68. The Morgan fingerprint density at radius 1 is 1.31 bits per heavy atom. The lowest BCUT2D eigenvalue weighted by Crippen LogP contribution is -2.08. The Kier molecular flexibility index (Phi) is 7.60. The largest absolute Gasteiger partial charge is 0.377 e. The van der Waals surface area contributed by atoms with Crippen LogP contribution in [0.25, 0.3) is 0 Å². The molecule has 0 rings (SSSR count). The molecule has 1 atom stereocenters. The fourth-order valence-corrected chi connectivity index (χ4v) is 1.08. The van der Waals surface area contributed by atoms with E-state index >= 15 is 0 Å². The highest BCUT2D eigenvalue weighted by Gasteiger charge is 2.03. The molecular weight excluding hydrogens is 164 g/mol. The zero-order valence-corrected chi connectivity index (χ0v) is 8.82. The van der Waals surface area contributed by atoms with Crippen molar-refractivity contribution in [2.75, 3.05) is 7.11 Å². The van der Waals surface area contributed by atoms with Gasteiger partial charge in [-0.05, 0) is 18.8 Å². The van der Waals surface area contributed by atoms with E-state index in [9.17, 15) is 4.79 Å². The van der Waals surface area contributed by atoms with Gasteiger partial charge in [0.25, 0.3) is 0 Å². The molecule has 0 saturated carbocycles. The summed E-state index contributed by atoms with van der Waals surface area (Å²) in [5, 5.41) is 0. The molecule has 0 fully saturated rings. The van der Waals surface area contributed by atoms with Gasteiger partial charge in [-0.2, -0.15) is 0 Å². The first-order chi connectivity index (χ1) is 6.20. The van der Waals surface area contributed by atoms with Gasteiger partial charge in [0.05, 0.1) is 6.10 Å². The van der Waals surface area contributed by atoms with Gasteiger partial charge in [-0.25, -0.2) is 0 Å². The van der Waals surface area contributed by atoms with Crippen LogP contribution < -0.4 is 0 Å². The molecule has 0 heterocycles. The Morgan fingerprint density at radius 2 is 2.00 bits per heavy atom. The Labute approximate surface area is 81.0 Å². The first-order valence-electron chi connectivity index (χ1n) is 4.83. The Morgan fingerprint density at radius 3 is 2.46 bits per heavy atom. The number of carbonyl (C=O) groups excluding carboxylic acids is 1. The molecule has 0 N–H and O–H groups in total. The van der Waals surface area contributed by atoms with E-state index in [1.54, 1.807) is 7.11 Å². The molecule has 0 aromatic heterocycles. The number of allylic oxidation sites excluding steroid dienone is 1. The number of rotatable bonds is 7. The number of methoxy groups -OCH3 is 1. The van der Waals surface area contributed by atoms with E-state index in [4.69, 9.17) is 4.74 Å². The van der Waals surface area contributed by atoms with Crippen LogP contribution in [0.2, 0.25) is 0 Å². The molecule has 0 aliphatic heterocycles. The molecule has 0 aliphatic rings. The summed E-state index contributed by atoms with van der Waals surface area (Å²) in [5.74, 6) is 0.706. The zero-order valence-electron chi connectivity index (χ0n) is 8.82. The first-order valence-corrected chi connectivity index (χ1v) is 4.83. The second kappa shape index (κ2) is 7.99. The SMILES string of the molecule is COC(C=CCC=O)CCC(C)C. The third-order valence-electron chi connectivity index (χ3n) is 1.91. The van der Waals surface area contributed by atoms with E-state index in [0.717, 1.165) is 19.1 Å². The van der Waals surface area contributed by atoms with E-state index in [0.29, 0.717) is 12.3 Å². The topological polar surface area (TPSA) is 26.3 Å². The molecule has 0 spiro atoms. The van der Waals surface area contributed by atoms with Gasteiger partial charge in [0.1, 0.15) is 6.29 Å². The third-order valence-corrected chi connectivity index (χ3v) is 1.91. The van der Waals surface area contributed by atoms with Gasteiger partial charge in [0, 0.05) is 13.5 Å². The predicted molar refractivity (Wildman–Crippen MR) is 54.7 cm³/mol. The second-order valence-electron chi connectivity index (χ2n) is 3.58. The normalized spacial score (nSPS) is 13.8. The summed E-state index contributed by atoms with van der Waals surface area (Å²) in [6, 6.07) is 0. The summed E-state index contributed by atoms with van der Waals surface area (Å²) in [7, 11) is 1.70. The lowest BCUT2D eigenvalue weighted by molar-refractivity contribution is -0.107. The average Bonchev–Trinajstić information content (AvgIpc) is 2.10. The van der Waals surface area contributed by atoms with Crippen molar-refractivity contribution in [1.82, 2.24) is 0 Å². The van der Waals surface area contributed by atoms with Crippen LogP contribution in [0, 0.1) is 5.92 Å². The van der Waals surface area contributed by atoms with Crippen LogP contribution >= 0.6 is 0 Å². The van der Waals surface area contributed by atoms with Crippen molar-refractivity contribution in [2.24, 2.45) is 5.92 Å². The zero-order chi connectivity index (χ0) is 10.1. The number of hydrogen-bond donors (Lipinski definition) is 0. The quantitative estimate of drug-likeness (QED) is 0.449. The minimum atomic E-state index is 0.169. The van der Waals surface area contributed by atoms with Crippen molar-refractivity contribution in [3.63, 3.8) is 0 Å². The van der Waals surface area contributed by atoms with Gasteiger partial charge in [-0.15, -0.1) is 0 Å². The van der Waals surface area contributed by atoms with Crippen LogP contribution in [0.1, 0.15) is 33.1 Å². The lowest BCUT2D eigenvalue weighted by Gasteiger charge is -2.11. The standard InChI is InChI=1S/C11H20O2/c1-10(2)7-8-11(13-3)6-4-5-9-12/h4,6,9-11H,5,7-8H2,1-3H3. The highest BCUT2D eigenvalue weighted by atomic mass is 16.5. The van der Waals surface area contributed by atoms with Crippen molar-refractivity contribution in [3.8, 4) is 0 Å². The number of ether oxygens (including phenoxy) is 1. The molecule has 76 valence electrons. The molecule has 13 heavy (non-hydrogen) atoms. The summed E-state index contributed by atoms with van der Waals surface area (Å²) in [6.07, 6.45) is 7.57. The summed E-state index contributed by atoms with van der Waals surface area (Å²) in [4.78, 5) is 10.0. The van der Waals surface area contributed by atoms with Gasteiger partial charge < -0.3 is 9.53 Å². The van der Waals surface area contributed by atoms with Crippen LogP contribution in [0.3, 0.4) is 0 Å². The van der Waals surface area contributed by atoms with E-state index in [1.165, 1.54) is 0 Å². The molecular formula is C11H20O2. The maximum Gasteiger partial charge on any atom is 0.123 e. The average molecular weight is 184 g/mol. The van der Waals surface area contributed by atoms with Gasteiger partial charge >= 0.3 is 0 Å². The summed E-state index contributed by atoms with van der Waals surface area (Å²) in [5.41, 5.74) is 0. The predicted octanol–water partition coefficient (Wildman–Crippen LogP) is 2.58. The number of aldehydes is 1. The van der Waals surface area contributed by atoms with E-state index in [1.807, 2.05) is 12.2 Å². The number of hydrogen-bond acceptors (Lipinski definition) is 2. The van der Waals surface area contributed by atoms with Crippen LogP contribution in [0.5, 0.6) is 0 Å². The molecule has 2 nitrogen and oxygen atoms in total. The summed E-state index contributed by atoms with van der Waals surface area (Å²) >= 11 is 0. The number of carbonyl (C=O) groups is 1. The summed E-state index contributed by atoms with van der Waals surface area (Å²) < 4.78 is 5.24. The van der Waals surface area contributed by atoms with Crippen LogP contribution in [-0.2, 0) is 9.53 Å². The molecule has 0 amide bonds.